The number of aromatic nitrogens is 2. The number of urea groups is 1. The smallest absolute Gasteiger partial charge is 0.540 e. The quantitative estimate of drug-likeness (QED) is 0.194. The van der Waals surface area contributed by atoms with Crippen LogP contribution in [-0.4, -0.2) is 54.4 Å². The third-order valence-electron chi connectivity index (χ3n) is 5.64. The Labute approximate surface area is 225 Å². The summed E-state index contributed by atoms with van der Waals surface area (Å²) < 4.78 is 5.47. The van der Waals surface area contributed by atoms with Crippen LogP contribution in [0.25, 0.3) is 0 Å². The maximum atomic E-state index is 12.4. The van der Waals surface area contributed by atoms with Crippen LogP contribution in [0.3, 0.4) is 0 Å². The fourth-order valence-electron chi connectivity index (χ4n) is 3.80. The Hall–Kier alpha value is -2.58. The van der Waals surface area contributed by atoms with E-state index in [4.69, 9.17) is 4.65 Å². The molecular weight excluding hydrogens is 617 g/mol. The summed E-state index contributed by atoms with van der Waals surface area (Å²) in [5, 5.41) is 8.59. The van der Waals surface area contributed by atoms with Crippen molar-refractivity contribution >= 4 is 30.7 Å². The zero-order chi connectivity index (χ0) is 24.2. The normalized spacial score (nSPS) is 13.3. The van der Waals surface area contributed by atoms with Crippen molar-refractivity contribution in [3.8, 4) is 0 Å². The Morgan fingerprint density at radius 1 is 1.23 bits per heavy atom. The van der Waals surface area contributed by atoms with Crippen LogP contribution in [0.15, 0.2) is 30.6 Å². The van der Waals surface area contributed by atoms with Crippen molar-refractivity contribution in [1.29, 1.82) is 0 Å². The molecule has 3 rings (SSSR count). The Morgan fingerprint density at radius 3 is 2.69 bits per heavy atom. The molecule has 2 aromatic rings. The number of hydrogen-bond donors (Lipinski definition) is 3. The van der Waals surface area contributed by atoms with Crippen LogP contribution in [0, 0.1) is 13.0 Å². The van der Waals surface area contributed by atoms with Crippen LogP contribution < -0.4 is 21.3 Å². The van der Waals surface area contributed by atoms with E-state index in [1.807, 2.05) is 25.1 Å². The molecule has 190 valence electrons. The van der Waals surface area contributed by atoms with Gasteiger partial charge in [-0.2, -0.15) is 29.8 Å². The van der Waals surface area contributed by atoms with Crippen molar-refractivity contribution < 1.29 is 44.4 Å². The van der Waals surface area contributed by atoms with Gasteiger partial charge in [-0.05, 0) is 26.2 Å². The zero-order valence-electron chi connectivity index (χ0n) is 19.8. The second-order valence-electron chi connectivity index (χ2n) is 8.34. The molecule has 0 unspecified atom stereocenters. The molecule has 1 aromatic carbocycles. The molecule has 35 heavy (non-hydrogen) atoms. The molecule has 1 aromatic heterocycles. The minimum absolute atomic E-state index is 0. The number of rotatable bonds is 11. The third kappa shape index (κ3) is 9.90. The molecule has 3 N–H and O–H groups in total. The van der Waals surface area contributed by atoms with Gasteiger partial charge in [-0.15, -0.1) is 5.46 Å². The summed E-state index contributed by atoms with van der Waals surface area (Å²) in [7, 11) is -0.797. The average molecular weight is 653 g/mol. The van der Waals surface area contributed by atoms with Crippen LogP contribution >= 0.6 is 0 Å². The van der Waals surface area contributed by atoms with E-state index in [1.165, 1.54) is 12.6 Å². The van der Waals surface area contributed by atoms with Gasteiger partial charge in [0, 0.05) is 23.1 Å². The van der Waals surface area contributed by atoms with Crippen LogP contribution in [-0.2, 0) is 36.9 Å². The zero-order valence-corrected chi connectivity index (χ0v) is 22.8. The maximum Gasteiger partial charge on any atom is 2.00 e. The van der Waals surface area contributed by atoms with E-state index >= 15 is 0 Å². The fraction of sp³-hybridized carbons (Fsp3) is 0.458. The van der Waals surface area contributed by atoms with E-state index in [2.05, 4.69) is 31.9 Å². The molecule has 0 atom stereocenters. The van der Waals surface area contributed by atoms with Gasteiger partial charge >= 0.3 is 34.1 Å². The third-order valence-corrected chi connectivity index (χ3v) is 5.64. The largest absolute Gasteiger partial charge is 2.00 e. The van der Waals surface area contributed by atoms with Gasteiger partial charge in [0.25, 0.3) is 5.91 Å². The Balaban J connectivity index is 0. The fourth-order valence-corrected chi connectivity index (χ4v) is 3.80. The van der Waals surface area contributed by atoms with Crippen molar-refractivity contribution in [2.45, 2.75) is 57.9 Å². The van der Waals surface area contributed by atoms with Gasteiger partial charge in [-0.25, -0.2) is 11.3 Å². The first-order valence-electron chi connectivity index (χ1n) is 11.7. The van der Waals surface area contributed by atoms with Gasteiger partial charge in [0.1, 0.15) is 5.69 Å². The molecule has 0 spiro atoms. The Bertz CT molecular complexity index is 955. The van der Waals surface area contributed by atoms with Gasteiger partial charge < -0.3 is 25.3 Å². The second kappa shape index (κ2) is 15.4. The average Bonchev–Trinajstić information content (AvgIpc) is 2.85. The first kappa shape index (κ1) is 28.7. The molecule has 1 aliphatic carbocycles. The first-order valence-corrected chi connectivity index (χ1v) is 11.7. The minimum Gasteiger partial charge on any atom is -0.540 e. The predicted octanol–water partition coefficient (Wildman–Crippen LogP) is 2.14. The van der Waals surface area contributed by atoms with Crippen LogP contribution in [0.4, 0.5) is 4.79 Å². The number of carbonyl (C=O) groups is 2. The standard InChI is InChI=1S/C24H30BN5O4.W.3H2/c1-18-16-28-22(17-27-18)23(32)26-13-5-6-19-9-11-20(12-10-19)25(34-15-14-31)30-24(33)29-21-7-3-2-4-8-21;;;;/h9-11,16-17,21H,2-8,13,15H2,1H3,(H,26,32)(H2,29,30,33);;3*1H/q-2;+2;;;. The molecule has 0 bridgehead atoms. The van der Waals surface area contributed by atoms with Gasteiger partial charge in [0.05, 0.1) is 11.9 Å². The van der Waals surface area contributed by atoms with Gasteiger partial charge in [0.15, 0.2) is 0 Å². The Kier molecular flexibility index (Phi) is 12.6. The van der Waals surface area contributed by atoms with Gasteiger partial charge in [-0.3, -0.25) is 14.6 Å². The number of hydrogen-bond acceptors (Lipinski definition) is 6. The van der Waals surface area contributed by atoms with E-state index in [9.17, 15) is 14.4 Å². The summed E-state index contributed by atoms with van der Waals surface area (Å²) >= 11 is 0. The van der Waals surface area contributed by atoms with Crippen LogP contribution in [0.2, 0.25) is 0 Å². The molecule has 1 heterocycles. The van der Waals surface area contributed by atoms with Crippen molar-refractivity contribution in [3.05, 3.63) is 53.6 Å². The first-order chi connectivity index (χ1) is 16.5. The number of nitrogens with zero attached hydrogens (tertiary/aromatic N) is 2. The summed E-state index contributed by atoms with van der Waals surface area (Å²) in [5.74, 6) is -0.251. The van der Waals surface area contributed by atoms with Gasteiger partial charge in [0.2, 0.25) is 0 Å². The molecule has 0 aliphatic heterocycles. The maximum absolute atomic E-state index is 12.4. The Morgan fingerprint density at radius 2 is 2.03 bits per heavy atom. The van der Waals surface area contributed by atoms with Crippen LogP contribution in [0.5, 0.6) is 0 Å². The number of nitrogens with one attached hydrogen (secondary N) is 3. The number of benzene rings is 1. The van der Waals surface area contributed by atoms with E-state index in [1.54, 1.807) is 12.5 Å². The molecule has 1 saturated carbocycles. The molecule has 0 radical (unpaired) electrons. The summed E-state index contributed by atoms with van der Waals surface area (Å²) in [5.41, 5.74) is 2.69. The topological polar surface area (TPSA) is 122 Å². The van der Waals surface area contributed by atoms with E-state index in [-0.39, 0.29) is 49.9 Å². The van der Waals surface area contributed by atoms with Crippen molar-refractivity contribution in [1.82, 2.24) is 25.8 Å². The van der Waals surface area contributed by atoms with Gasteiger partial charge in [-0.1, -0.05) is 32.3 Å². The summed E-state index contributed by atoms with van der Waals surface area (Å²) in [6.45, 7) is 2.06. The van der Waals surface area contributed by atoms with Crippen molar-refractivity contribution in [3.63, 3.8) is 0 Å². The van der Waals surface area contributed by atoms with E-state index in [0.717, 1.165) is 49.8 Å². The summed E-state index contributed by atoms with van der Waals surface area (Å²) in [4.78, 5) is 43.3. The minimum atomic E-state index is -0.797. The van der Waals surface area contributed by atoms with Crippen molar-refractivity contribution in [2.24, 2.45) is 0 Å². The van der Waals surface area contributed by atoms with E-state index in [0.29, 0.717) is 17.7 Å². The predicted molar refractivity (Wildman–Crippen MR) is 135 cm³/mol. The molecule has 9 nitrogen and oxygen atoms in total. The molecular formula is C24H36BN5O4W. The monoisotopic (exact) mass is 653 g/mol. The molecule has 1 aliphatic rings. The number of aryl methyl sites for hydroxylation is 2. The summed E-state index contributed by atoms with van der Waals surface area (Å²) in [6.07, 6.45) is 11.6. The molecule has 0 saturated heterocycles. The molecule has 11 heteroatoms. The van der Waals surface area contributed by atoms with Crippen LogP contribution in [0.1, 0.15) is 64.6 Å². The molecule has 3 amide bonds. The SMILES string of the molecule is Cc1cnc(C(=O)NCCCc2c[c-]c(B(NC(=O)NC3CCCCC3)OC[C-]=O)cc2)cn1.[HH].[HH].[HH].[W+2]. The number of amides is 3. The van der Waals surface area contributed by atoms with E-state index < -0.39 is 7.05 Å². The molecule has 1 fully saturated rings. The van der Waals surface area contributed by atoms with Crippen molar-refractivity contribution in [2.75, 3.05) is 13.2 Å². The summed E-state index contributed by atoms with van der Waals surface area (Å²) in [6, 6.07) is 8.52. The number of carbonyl (C=O) groups excluding carboxylic acids is 3. The second-order valence-corrected chi connectivity index (χ2v) is 8.34.